The van der Waals surface area contributed by atoms with Crippen molar-refractivity contribution in [2.24, 2.45) is 4.99 Å². The molecule has 22 heavy (non-hydrogen) atoms. The minimum absolute atomic E-state index is 0.0803. The second-order valence-electron chi connectivity index (χ2n) is 5.02. The average Bonchev–Trinajstić information content (AvgIpc) is 2.94. The van der Waals surface area contributed by atoms with Crippen LogP contribution in [0.15, 0.2) is 11.3 Å². The zero-order chi connectivity index (χ0) is 16.4. The van der Waals surface area contributed by atoms with Crippen molar-refractivity contribution in [2.45, 2.75) is 33.2 Å². The Balaban J connectivity index is 2.41. The van der Waals surface area contributed by atoms with Crippen molar-refractivity contribution in [1.29, 1.82) is 0 Å². The van der Waals surface area contributed by atoms with Gasteiger partial charge in [0.2, 0.25) is 5.91 Å². The predicted molar refractivity (Wildman–Crippen MR) is 86.7 cm³/mol. The molecule has 0 aliphatic heterocycles. The van der Waals surface area contributed by atoms with E-state index in [-0.39, 0.29) is 5.91 Å². The molecule has 0 radical (unpaired) electrons. The average molecular weight is 309 g/mol. The van der Waals surface area contributed by atoms with Gasteiger partial charge in [0.05, 0.1) is 6.54 Å². The summed E-state index contributed by atoms with van der Waals surface area (Å²) in [6.45, 7) is 6.81. The third-order valence-electron chi connectivity index (χ3n) is 3.10. The molecule has 1 aromatic rings. The molecule has 0 fully saturated rings. The quantitative estimate of drug-likeness (QED) is 0.516. The van der Waals surface area contributed by atoms with Crippen LogP contribution < -0.4 is 10.6 Å². The third-order valence-corrected chi connectivity index (χ3v) is 3.10. The lowest BCUT2D eigenvalue weighted by Gasteiger charge is -2.13. The standard InChI is InChI=1S/C14H27N7O/c1-5-12-19-18-11-21(12)10-9-17-14(15-6-2)16-8-7-13(22)20(3)4/h11H,5-10H2,1-4H3,(H2,15,16,17). The lowest BCUT2D eigenvalue weighted by molar-refractivity contribution is -0.128. The Morgan fingerprint density at radius 1 is 1.36 bits per heavy atom. The molecule has 8 nitrogen and oxygen atoms in total. The number of rotatable bonds is 8. The first-order valence-corrected chi connectivity index (χ1v) is 7.67. The molecule has 2 N–H and O–H groups in total. The fraction of sp³-hybridized carbons (Fsp3) is 0.714. The zero-order valence-electron chi connectivity index (χ0n) is 14.0. The largest absolute Gasteiger partial charge is 0.357 e. The van der Waals surface area contributed by atoms with Gasteiger partial charge in [-0.2, -0.15) is 0 Å². The molecule has 1 aromatic heterocycles. The lowest BCUT2D eigenvalue weighted by Crippen LogP contribution is -2.39. The van der Waals surface area contributed by atoms with Crippen LogP contribution in [0.5, 0.6) is 0 Å². The molecule has 0 bridgehead atoms. The van der Waals surface area contributed by atoms with Gasteiger partial charge in [0.25, 0.3) is 0 Å². The van der Waals surface area contributed by atoms with Crippen LogP contribution in [0.4, 0.5) is 0 Å². The number of aromatic nitrogens is 3. The van der Waals surface area contributed by atoms with Crippen molar-refractivity contribution in [3.8, 4) is 0 Å². The molecule has 0 spiro atoms. The lowest BCUT2D eigenvalue weighted by atomic mass is 10.4. The Morgan fingerprint density at radius 2 is 2.14 bits per heavy atom. The highest BCUT2D eigenvalue weighted by atomic mass is 16.2. The minimum atomic E-state index is 0.0803. The molecule has 0 aliphatic rings. The number of hydrogen-bond acceptors (Lipinski definition) is 4. The van der Waals surface area contributed by atoms with Gasteiger partial charge in [-0.1, -0.05) is 6.92 Å². The molecule has 0 saturated heterocycles. The van der Waals surface area contributed by atoms with Crippen LogP contribution in [-0.4, -0.2) is 65.3 Å². The maximum atomic E-state index is 11.5. The van der Waals surface area contributed by atoms with Crippen molar-refractivity contribution in [2.75, 3.05) is 33.7 Å². The maximum Gasteiger partial charge on any atom is 0.223 e. The summed E-state index contributed by atoms with van der Waals surface area (Å²) in [5.41, 5.74) is 0. The van der Waals surface area contributed by atoms with Crippen LogP contribution in [-0.2, 0) is 17.8 Å². The number of guanidine groups is 1. The van der Waals surface area contributed by atoms with E-state index in [1.807, 2.05) is 11.5 Å². The van der Waals surface area contributed by atoms with E-state index in [1.54, 1.807) is 25.3 Å². The topological polar surface area (TPSA) is 87.4 Å². The molecule has 1 rings (SSSR count). The number of aliphatic imine (C=N–C) groups is 1. The van der Waals surface area contributed by atoms with Crippen molar-refractivity contribution in [1.82, 2.24) is 30.3 Å². The molecule has 1 heterocycles. The number of carbonyl (C=O) groups is 1. The first kappa shape index (κ1) is 17.9. The highest BCUT2D eigenvalue weighted by Crippen LogP contribution is 1.94. The fourth-order valence-electron chi connectivity index (χ4n) is 1.86. The minimum Gasteiger partial charge on any atom is -0.357 e. The van der Waals surface area contributed by atoms with Gasteiger partial charge in [0.1, 0.15) is 12.2 Å². The highest BCUT2D eigenvalue weighted by molar-refractivity contribution is 5.80. The summed E-state index contributed by atoms with van der Waals surface area (Å²) in [7, 11) is 3.50. The van der Waals surface area contributed by atoms with E-state index in [0.29, 0.717) is 13.0 Å². The van der Waals surface area contributed by atoms with E-state index in [0.717, 1.165) is 37.8 Å². The normalized spacial score (nSPS) is 11.4. The van der Waals surface area contributed by atoms with Crippen LogP contribution in [0.3, 0.4) is 0 Å². The van der Waals surface area contributed by atoms with Gasteiger partial charge in [0, 0.05) is 46.6 Å². The van der Waals surface area contributed by atoms with Gasteiger partial charge < -0.3 is 20.1 Å². The summed E-state index contributed by atoms with van der Waals surface area (Å²) in [4.78, 5) is 17.5. The number of nitrogens with zero attached hydrogens (tertiary/aromatic N) is 5. The maximum absolute atomic E-state index is 11.5. The van der Waals surface area contributed by atoms with E-state index in [1.165, 1.54) is 0 Å². The van der Waals surface area contributed by atoms with Crippen molar-refractivity contribution < 1.29 is 4.79 Å². The Hall–Kier alpha value is -2.12. The smallest absolute Gasteiger partial charge is 0.223 e. The highest BCUT2D eigenvalue weighted by Gasteiger charge is 2.04. The van der Waals surface area contributed by atoms with Gasteiger partial charge in [-0.25, -0.2) is 0 Å². The summed E-state index contributed by atoms with van der Waals surface area (Å²) in [6, 6.07) is 0. The molecule has 0 saturated carbocycles. The Labute approximate surface area is 132 Å². The molecule has 124 valence electrons. The van der Waals surface area contributed by atoms with Gasteiger partial charge in [0.15, 0.2) is 5.96 Å². The Kier molecular flexibility index (Phi) is 7.95. The Bertz CT molecular complexity index is 481. The molecule has 0 aliphatic carbocycles. The van der Waals surface area contributed by atoms with Crippen molar-refractivity contribution in [3.05, 3.63) is 12.2 Å². The van der Waals surface area contributed by atoms with Crippen molar-refractivity contribution in [3.63, 3.8) is 0 Å². The van der Waals surface area contributed by atoms with Crippen LogP contribution in [0.1, 0.15) is 26.1 Å². The van der Waals surface area contributed by atoms with Crippen LogP contribution >= 0.6 is 0 Å². The van der Waals surface area contributed by atoms with Crippen LogP contribution in [0.2, 0.25) is 0 Å². The zero-order valence-corrected chi connectivity index (χ0v) is 14.0. The molecular formula is C14H27N7O. The summed E-state index contributed by atoms with van der Waals surface area (Å²) < 4.78 is 2.02. The summed E-state index contributed by atoms with van der Waals surface area (Å²) in [6.07, 6.45) is 3.01. The molecule has 8 heteroatoms. The van der Waals surface area contributed by atoms with Gasteiger partial charge in [-0.05, 0) is 6.92 Å². The second kappa shape index (κ2) is 9.75. The van der Waals surface area contributed by atoms with Crippen LogP contribution in [0, 0.1) is 0 Å². The van der Waals surface area contributed by atoms with Gasteiger partial charge >= 0.3 is 0 Å². The molecule has 0 atom stereocenters. The number of amides is 1. The van der Waals surface area contributed by atoms with E-state index in [2.05, 4.69) is 32.7 Å². The van der Waals surface area contributed by atoms with E-state index >= 15 is 0 Å². The van der Waals surface area contributed by atoms with E-state index < -0.39 is 0 Å². The van der Waals surface area contributed by atoms with Crippen molar-refractivity contribution >= 4 is 11.9 Å². The number of aryl methyl sites for hydroxylation is 1. The fourth-order valence-corrected chi connectivity index (χ4v) is 1.86. The predicted octanol–water partition coefficient (Wildman–Crippen LogP) is -0.126. The molecule has 0 unspecified atom stereocenters. The van der Waals surface area contributed by atoms with E-state index in [9.17, 15) is 4.79 Å². The summed E-state index contributed by atoms with van der Waals surface area (Å²) >= 11 is 0. The SMILES string of the molecule is CCNC(=NCCC(=O)N(C)C)NCCn1cnnc1CC. The summed E-state index contributed by atoms with van der Waals surface area (Å²) in [5, 5.41) is 14.4. The number of nitrogens with one attached hydrogen (secondary N) is 2. The first-order chi connectivity index (χ1) is 10.6. The van der Waals surface area contributed by atoms with Gasteiger partial charge in [-0.15, -0.1) is 10.2 Å². The first-order valence-electron chi connectivity index (χ1n) is 7.67. The van der Waals surface area contributed by atoms with Crippen LogP contribution in [0.25, 0.3) is 0 Å². The van der Waals surface area contributed by atoms with E-state index in [4.69, 9.17) is 0 Å². The number of hydrogen-bond donors (Lipinski definition) is 2. The molecule has 1 amide bonds. The monoisotopic (exact) mass is 309 g/mol. The second-order valence-corrected chi connectivity index (χ2v) is 5.02. The third kappa shape index (κ3) is 6.11. The Morgan fingerprint density at radius 3 is 2.77 bits per heavy atom. The molecule has 0 aromatic carbocycles. The summed E-state index contributed by atoms with van der Waals surface area (Å²) in [5.74, 6) is 1.78. The molecular weight excluding hydrogens is 282 g/mol. The number of carbonyl (C=O) groups excluding carboxylic acids is 1. The van der Waals surface area contributed by atoms with Gasteiger partial charge in [-0.3, -0.25) is 9.79 Å².